The number of amides is 1. The first kappa shape index (κ1) is 17.5. The van der Waals surface area contributed by atoms with Crippen LogP contribution in [0.25, 0.3) is 0 Å². The molecule has 0 spiro atoms. The van der Waals surface area contributed by atoms with E-state index in [4.69, 9.17) is 4.74 Å². The van der Waals surface area contributed by atoms with E-state index >= 15 is 0 Å². The summed E-state index contributed by atoms with van der Waals surface area (Å²) >= 11 is 1.49. The first-order valence-corrected chi connectivity index (χ1v) is 9.87. The Balaban J connectivity index is 1.61. The summed E-state index contributed by atoms with van der Waals surface area (Å²) in [6.45, 7) is 7.35. The Morgan fingerprint density at radius 1 is 1.38 bits per heavy atom. The average Bonchev–Trinajstić information content (AvgIpc) is 3.33. The summed E-state index contributed by atoms with van der Waals surface area (Å²) in [6, 6.07) is 0.718. The standard InChI is InChI=1S/C16H27N5O2S/c1-3-4-12(2)17-14(22)11-24-16-19-18-15(21(16)13-5-6-13)20-7-9-23-10-8-20/h12-13H,3-11H2,1-2H3,(H,17,22)/t12-/m1/s1. The molecule has 1 aromatic rings. The molecule has 0 unspecified atom stereocenters. The summed E-state index contributed by atoms with van der Waals surface area (Å²) in [4.78, 5) is 14.3. The van der Waals surface area contributed by atoms with E-state index in [1.807, 2.05) is 0 Å². The molecule has 1 saturated heterocycles. The Hall–Kier alpha value is -1.28. The molecular formula is C16H27N5O2S. The molecule has 2 aliphatic rings. The summed E-state index contributed by atoms with van der Waals surface area (Å²) in [7, 11) is 0. The fourth-order valence-corrected chi connectivity index (χ4v) is 3.76. The molecule has 0 aromatic carbocycles. The van der Waals surface area contributed by atoms with Crippen molar-refractivity contribution in [2.45, 2.75) is 56.8 Å². The maximum absolute atomic E-state index is 12.1. The van der Waals surface area contributed by atoms with Crippen molar-refractivity contribution in [3.63, 3.8) is 0 Å². The molecule has 1 atom stereocenters. The van der Waals surface area contributed by atoms with Crippen LogP contribution in [0.5, 0.6) is 0 Å². The monoisotopic (exact) mass is 353 g/mol. The second-order valence-electron chi connectivity index (χ2n) is 6.53. The summed E-state index contributed by atoms with van der Waals surface area (Å²) in [5.74, 6) is 1.39. The van der Waals surface area contributed by atoms with Crippen molar-refractivity contribution in [1.82, 2.24) is 20.1 Å². The van der Waals surface area contributed by atoms with Gasteiger partial charge in [0.25, 0.3) is 0 Å². The number of rotatable bonds is 8. The molecule has 1 aliphatic heterocycles. The van der Waals surface area contributed by atoms with Crippen LogP contribution in [0.1, 0.15) is 45.6 Å². The van der Waals surface area contributed by atoms with E-state index in [-0.39, 0.29) is 11.9 Å². The van der Waals surface area contributed by atoms with Crippen molar-refractivity contribution in [1.29, 1.82) is 0 Å². The maximum atomic E-state index is 12.1. The van der Waals surface area contributed by atoms with Gasteiger partial charge < -0.3 is 15.0 Å². The van der Waals surface area contributed by atoms with Crippen molar-refractivity contribution in [3.05, 3.63) is 0 Å². The summed E-state index contributed by atoms with van der Waals surface area (Å²) < 4.78 is 7.64. The number of nitrogens with zero attached hydrogens (tertiary/aromatic N) is 4. The number of carbonyl (C=O) groups excluding carboxylic acids is 1. The zero-order valence-electron chi connectivity index (χ0n) is 14.5. The second kappa shape index (κ2) is 8.20. The van der Waals surface area contributed by atoms with Gasteiger partial charge in [0.15, 0.2) is 5.16 Å². The molecule has 134 valence electrons. The zero-order chi connectivity index (χ0) is 16.9. The molecule has 0 radical (unpaired) electrons. The fourth-order valence-electron chi connectivity index (χ4n) is 2.95. The zero-order valence-corrected chi connectivity index (χ0v) is 15.3. The predicted octanol–water partition coefficient (Wildman–Crippen LogP) is 1.85. The number of morpholine rings is 1. The molecule has 3 rings (SSSR count). The molecule has 1 amide bonds. The van der Waals surface area contributed by atoms with E-state index in [1.165, 1.54) is 24.6 Å². The third-order valence-electron chi connectivity index (χ3n) is 4.31. The van der Waals surface area contributed by atoms with Crippen LogP contribution in [0.2, 0.25) is 0 Å². The summed E-state index contributed by atoms with van der Waals surface area (Å²) in [5.41, 5.74) is 0. The highest BCUT2D eigenvalue weighted by Crippen LogP contribution is 2.41. The normalized spacial score (nSPS) is 19.3. The lowest BCUT2D eigenvalue weighted by molar-refractivity contribution is -0.119. The molecule has 0 bridgehead atoms. The number of nitrogens with one attached hydrogen (secondary N) is 1. The summed E-state index contributed by atoms with van der Waals surface area (Å²) in [5, 5.41) is 12.7. The molecule has 1 N–H and O–H groups in total. The van der Waals surface area contributed by atoms with Crippen molar-refractivity contribution in [2.75, 3.05) is 37.0 Å². The smallest absolute Gasteiger partial charge is 0.230 e. The van der Waals surface area contributed by atoms with Crippen LogP contribution in [0, 0.1) is 0 Å². The number of carbonyl (C=O) groups is 1. The van der Waals surface area contributed by atoms with Crippen LogP contribution in [0.3, 0.4) is 0 Å². The Morgan fingerprint density at radius 3 is 2.79 bits per heavy atom. The number of aromatic nitrogens is 3. The lowest BCUT2D eigenvalue weighted by Gasteiger charge is -2.27. The van der Waals surface area contributed by atoms with E-state index in [0.29, 0.717) is 11.8 Å². The van der Waals surface area contributed by atoms with E-state index in [9.17, 15) is 4.79 Å². The van der Waals surface area contributed by atoms with Gasteiger partial charge in [-0.2, -0.15) is 0 Å². The number of ether oxygens (including phenoxy) is 1. The van der Waals surface area contributed by atoms with Crippen LogP contribution in [-0.2, 0) is 9.53 Å². The third-order valence-corrected chi connectivity index (χ3v) is 5.26. The predicted molar refractivity (Wildman–Crippen MR) is 94.6 cm³/mol. The number of hydrogen-bond acceptors (Lipinski definition) is 6. The molecule has 2 heterocycles. The van der Waals surface area contributed by atoms with Crippen LogP contribution >= 0.6 is 11.8 Å². The Morgan fingerprint density at radius 2 is 2.12 bits per heavy atom. The minimum atomic E-state index is 0.0687. The van der Waals surface area contributed by atoms with Gasteiger partial charge in [0.1, 0.15) is 0 Å². The Kier molecular flexibility index (Phi) is 5.99. The lowest BCUT2D eigenvalue weighted by atomic mass is 10.2. The largest absolute Gasteiger partial charge is 0.378 e. The SMILES string of the molecule is CCC[C@@H](C)NC(=O)CSc1nnc(N2CCOCC2)n1C1CC1. The molecule has 1 aliphatic carbocycles. The Bertz CT molecular complexity index is 555. The molecule has 2 fully saturated rings. The van der Waals surface area contributed by atoms with Crippen LogP contribution in [0.15, 0.2) is 5.16 Å². The third kappa shape index (κ3) is 4.42. The number of anilines is 1. The maximum Gasteiger partial charge on any atom is 0.230 e. The molecular weight excluding hydrogens is 326 g/mol. The van der Waals surface area contributed by atoms with Gasteiger partial charge in [-0.25, -0.2) is 0 Å². The van der Waals surface area contributed by atoms with E-state index < -0.39 is 0 Å². The number of hydrogen-bond donors (Lipinski definition) is 1. The van der Waals surface area contributed by atoms with Gasteiger partial charge in [-0.3, -0.25) is 9.36 Å². The van der Waals surface area contributed by atoms with Gasteiger partial charge in [0.2, 0.25) is 11.9 Å². The van der Waals surface area contributed by atoms with Crippen molar-refractivity contribution in [2.24, 2.45) is 0 Å². The fraction of sp³-hybridized carbons (Fsp3) is 0.812. The molecule has 24 heavy (non-hydrogen) atoms. The van der Waals surface area contributed by atoms with Crippen LogP contribution in [0.4, 0.5) is 5.95 Å². The van der Waals surface area contributed by atoms with Crippen molar-refractivity contribution in [3.8, 4) is 0 Å². The molecule has 8 heteroatoms. The van der Waals surface area contributed by atoms with Gasteiger partial charge in [0.05, 0.1) is 19.0 Å². The van der Waals surface area contributed by atoms with Crippen molar-refractivity contribution >= 4 is 23.6 Å². The highest BCUT2D eigenvalue weighted by atomic mass is 32.2. The van der Waals surface area contributed by atoms with Gasteiger partial charge in [-0.05, 0) is 26.2 Å². The van der Waals surface area contributed by atoms with Gasteiger partial charge >= 0.3 is 0 Å². The molecule has 7 nitrogen and oxygen atoms in total. The van der Waals surface area contributed by atoms with E-state index in [1.54, 1.807) is 0 Å². The minimum Gasteiger partial charge on any atom is -0.378 e. The van der Waals surface area contributed by atoms with Gasteiger partial charge in [0, 0.05) is 25.2 Å². The number of thioether (sulfide) groups is 1. The quantitative estimate of drug-likeness (QED) is 0.719. The van der Waals surface area contributed by atoms with Crippen molar-refractivity contribution < 1.29 is 9.53 Å². The Labute approximate surface area is 147 Å². The lowest BCUT2D eigenvalue weighted by Crippen LogP contribution is -2.38. The van der Waals surface area contributed by atoms with Crippen LogP contribution in [-0.4, -0.2) is 58.8 Å². The highest BCUT2D eigenvalue weighted by Gasteiger charge is 2.32. The highest BCUT2D eigenvalue weighted by molar-refractivity contribution is 7.99. The van der Waals surface area contributed by atoms with E-state index in [2.05, 4.69) is 38.8 Å². The van der Waals surface area contributed by atoms with Gasteiger partial charge in [-0.15, -0.1) is 10.2 Å². The summed E-state index contributed by atoms with van der Waals surface area (Å²) in [6.07, 6.45) is 4.43. The second-order valence-corrected chi connectivity index (χ2v) is 7.47. The first-order chi connectivity index (χ1) is 11.7. The van der Waals surface area contributed by atoms with E-state index in [0.717, 1.165) is 50.2 Å². The molecule has 1 aromatic heterocycles. The average molecular weight is 353 g/mol. The van der Waals surface area contributed by atoms with Crippen LogP contribution < -0.4 is 10.2 Å². The van der Waals surface area contributed by atoms with Gasteiger partial charge in [-0.1, -0.05) is 25.1 Å². The molecule has 1 saturated carbocycles. The topological polar surface area (TPSA) is 72.3 Å². The minimum absolute atomic E-state index is 0.0687. The first-order valence-electron chi connectivity index (χ1n) is 8.88.